The first-order valence-corrected chi connectivity index (χ1v) is 6.41. The lowest BCUT2D eigenvalue weighted by atomic mass is 10.3. The van der Waals surface area contributed by atoms with Crippen LogP contribution in [-0.2, 0) is 4.79 Å². The number of rotatable bonds is 3. The number of halogens is 2. The first-order chi connectivity index (χ1) is 8.51. The second kappa shape index (κ2) is 5.16. The van der Waals surface area contributed by atoms with Crippen molar-refractivity contribution >= 4 is 40.1 Å². The van der Waals surface area contributed by atoms with Gasteiger partial charge in [-0.25, -0.2) is 4.98 Å². The minimum Gasteiger partial charge on any atom is -0.346 e. The van der Waals surface area contributed by atoms with E-state index in [1.54, 1.807) is 19.1 Å². The van der Waals surface area contributed by atoms with Gasteiger partial charge in [0, 0.05) is 6.42 Å². The Bertz CT molecular complexity index is 555. The molecule has 0 aliphatic heterocycles. The molecule has 0 bridgehead atoms. The van der Waals surface area contributed by atoms with Crippen molar-refractivity contribution in [1.82, 2.24) is 15.3 Å². The lowest BCUT2D eigenvalue weighted by molar-refractivity contribution is -0.121. The highest BCUT2D eigenvalue weighted by Crippen LogP contribution is 2.27. The minimum atomic E-state index is -0.178. The van der Waals surface area contributed by atoms with Crippen LogP contribution in [0, 0.1) is 0 Å². The van der Waals surface area contributed by atoms with E-state index in [0.717, 1.165) is 11.0 Å². The van der Waals surface area contributed by atoms with Crippen LogP contribution in [0.25, 0.3) is 11.0 Å². The van der Waals surface area contributed by atoms with Gasteiger partial charge in [-0.15, -0.1) is 0 Å². The molecule has 1 amide bonds. The number of nitrogens with one attached hydrogen (secondary N) is 2. The van der Waals surface area contributed by atoms with E-state index in [1.165, 1.54) is 0 Å². The van der Waals surface area contributed by atoms with Gasteiger partial charge < -0.3 is 10.3 Å². The Balaban J connectivity index is 2.32. The number of carbonyl (C=O) groups is 1. The van der Waals surface area contributed by atoms with Crippen LogP contribution in [0.1, 0.15) is 32.1 Å². The van der Waals surface area contributed by atoms with Gasteiger partial charge in [-0.2, -0.15) is 0 Å². The first kappa shape index (κ1) is 13.2. The van der Waals surface area contributed by atoms with Gasteiger partial charge in [0.1, 0.15) is 5.82 Å². The molecule has 96 valence electrons. The molecule has 0 spiro atoms. The smallest absolute Gasteiger partial charge is 0.220 e. The molecule has 0 saturated heterocycles. The summed E-state index contributed by atoms with van der Waals surface area (Å²) in [6.45, 7) is 3.68. The van der Waals surface area contributed by atoms with E-state index in [0.29, 0.717) is 22.3 Å². The lowest BCUT2D eigenvalue weighted by Gasteiger charge is -2.09. The van der Waals surface area contributed by atoms with Gasteiger partial charge in [0.25, 0.3) is 0 Å². The zero-order valence-electron chi connectivity index (χ0n) is 10.1. The van der Waals surface area contributed by atoms with Crippen molar-refractivity contribution < 1.29 is 4.79 Å². The molecule has 18 heavy (non-hydrogen) atoms. The summed E-state index contributed by atoms with van der Waals surface area (Å²) in [6, 6.07) is 3.25. The normalized spacial score (nSPS) is 12.7. The lowest BCUT2D eigenvalue weighted by Crippen LogP contribution is -2.26. The number of hydrogen-bond acceptors (Lipinski definition) is 2. The van der Waals surface area contributed by atoms with Crippen LogP contribution in [0.2, 0.25) is 10.0 Å². The summed E-state index contributed by atoms with van der Waals surface area (Å²) in [7, 11) is 0. The molecule has 1 aromatic carbocycles. The highest BCUT2D eigenvalue weighted by molar-refractivity contribution is 6.42. The number of hydrogen-bond donors (Lipinski definition) is 2. The van der Waals surface area contributed by atoms with Crippen LogP contribution < -0.4 is 5.32 Å². The number of H-pyrrole nitrogens is 1. The van der Waals surface area contributed by atoms with Gasteiger partial charge in [0.05, 0.1) is 27.1 Å². The number of amides is 1. The molecule has 2 aromatic rings. The molecule has 0 aliphatic rings. The predicted octanol–water partition coefficient (Wildman–Crippen LogP) is 3.46. The zero-order valence-corrected chi connectivity index (χ0v) is 11.6. The highest BCUT2D eigenvalue weighted by Gasteiger charge is 2.13. The third-order valence-corrected chi connectivity index (χ3v) is 3.37. The fourth-order valence-electron chi connectivity index (χ4n) is 1.64. The van der Waals surface area contributed by atoms with Crippen molar-refractivity contribution in [3.8, 4) is 0 Å². The number of carbonyl (C=O) groups excluding carboxylic acids is 1. The Morgan fingerprint density at radius 3 is 2.78 bits per heavy atom. The van der Waals surface area contributed by atoms with E-state index in [4.69, 9.17) is 23.2 Å². The molecule has 6 heteroatoms. The average Bonchev–Trinajstić information content (AvgIpc) is 2.72. The van der Waals surface area contributed by atoms with Crippen LogP contribution in [0.15, 0.2) is 12.1 Å². The molecule has 1 aromatic heterocycles. The van der Waals surface area contributed by atoms with E-state index >= 15 is 0 Å². The number of imidazole rings is 1. The van der Waals surface area contributed by atoms with Crippen LogP contribution in [0.4, 0.5) is 0 Å². The summed E-state index contributed by atoms with van der Waals surface area (Å²) in [5, 5.41) is 3.78. The van der Waals surface area contributed by atoms with Gasteiger partial charge in [0.15, 0.2) is 0 Å². The third-order valence-electron chi connectivity index (χ3n) is 2.65. The Hall–Kier alpha value is -1.26. The van der Waals surface area contributed by atoms with Crippen molar-refractivity contribution in [2.24, 2.45) is 0 Å². The molecular weight excluding hydrogens is 273 g/mol. The van der Waals surface area contributed by atoms with E-state index in [-0.39, 0.29) is 11.9 Å². The molecule has 0 aliphatic carbocycles. The van der Waals surface area contributed by atoms with E-state index in [9.17, 15) is 4.79 Å². The highest BCUT2D eigenvalue weighted by atomic mass is 35.5. The Morgan fingerprint density at radius 1 is 1.44 bits per heavy atom. The number of aromatic amines is 1. The summed E-state index contributed by atoms with van der Waals surface area (Å²) in [5.41, 5.74) is 1.54. The molecule has 0 saturated carbocycles. The number of fused-ring (bicyclic) bond motifs is 1. The monoisotopic (exact) mass is 285 g/mol. The number of aromatic nitrogens is 2. The predicted molar refractivity (Wildman–Crippen MR) is 73.0 cm³/mol. The molecule has 0 radical (unpaired) electrons. The Morgan fingerprint density at radius 2 is 2.11 bits per heavy atom. The summed E-state index contributed by atoms with van der Waals surface area (Å²) in [4.78, 5) is 18.8. The molecule has 4 nitrogen and oxygen atoms in total. The van der Waals surface area contributed by atoms with Gasteiger partial charge in [-0.3, -0.25) is 4.79 Å². The maximum Gasteiger partial charge on any atom is 0.220 e. The summed E-state index contributed by atoms with van der Waals surface area (Å²) < 4.78 is 0. The fourth-order valence-corrected chi connectivity index (χ4v) is 1.96. The molecule has 2 N–H and O–H groups in total. The van der Waals surface area contributed by atoms with Gasteiger partial charge in [-0.05, 0) is 19.1 Å². The molecule has 1 unspecified atom stereocenters. The summed E-state index contributed by atoms with van der Waals surface area (Å²) in [6.07, 6.45) is 0.447. The van der Waals surface area contributed by atoms with Crippen LogP contribution in [-0.4, -0.2) is 15.9 Å². The van der Waals surface area contributed by atoms with Gasteiger partial charge in [0.2, 0.25) is 5.91 Å². The molecular formula is C12H13Cl2N3O. The van der Waals surface area contributed by atoms with Crippen LogP contribution in [0.3, 0.4) is 0 Å². The third kappa shape index (κ3) is 2.60. The fraction of sp³-hybridized carbons (Fsp3) is 0.333. The van der Waals surface area contributed by atoms with E-state index in [1.807, 2.05) is 6.92 Å². The standard InChI is InChI=1S/C12H13Cl2N3O/c1-3-11(18)15-6(2)12-16-9-4-7(13)8(14)5-10(9)17-12/h4-6H,3H2,1-2H3,(H,15,18)(H,16,17). The Labute approximate surface area is 115 Å². The van der Waals surface area contributed by atoms with Crippen LogP contribution in [0.5, 0.6) is 0 Å². The van der Waals surface area contributed by atoms with Crippen molar-refractivity contribution in [3.63, 3.8) is 0 Å². The second-order valence-corrected chi connectivity index (χ2v) is 4.86. The van der Waals surface area contributed by atoms with Crippen molar-refractivity contribution in [3.05, 3.63) is 28.0 Å². The first-order valence-electron chi connectivity index (χ1n) is 5.65. The molecule has 2 rings (SSSR count). The molecule has 1 heterocycles. The van der Waals surface area contributed by atoms with Crippen molar-refractivity contribution in [2.45, 2.75) is 26.3 Å². The van der Waals surface area contributed by atoms with Gasteiger partial charge in [-0.1, -0.05) is 30.1 Å². The minimum absolute atomic E-state index is 0.0148. The van der Waals surface area contributed by atoms with Gasteiger partial charge >= 0.3 is 0 Å². The quantitative estimate of drug-likeness (QED) is 0.907. The van der Waals surface area contributed by atoms with Crippen molar-refractivity contribution in [1.29, 1.82) is 0 Å². The average molecular weight is 286 g/mol. The summed E-state index contributed by atoms with van der Waals surface area (Å²) >= 11 is 11.9. The zero-order chi connectivity index (χ0) is 13.3. The SMILES string of the molecule is CCC(=O)NC(C)c1nc2cc(Cl)c(Cl)cc2[nH]1. The topological polar surface area (TPSA) is 57.8 Å². The molecule has 0 fully saturated rings. The van der Waals surface area contributed by atoms with E-state index < -0.39 is 0 Å². The maximum atomic E-state index is 11.3. The maximum absolute atomic E-state index is 11.3. The summed E-state index contributed by atoms with van der Waals surface area (Å²) in [5.74, 6) is 0.671. The largest absolute Gasteiger partial charge is 0.346 e. The number of benzene rings is 1. The van der Waals surface area contributed by atoms with Crippen molar-refractivity contribution in [2.75, 3.05) is 0 Å². The Kier molecular flexibility index (Phi) is 3.78. The molecule has 1 atom stereocenters. The second-order valence-electron chi connectivity index (χ2n) is 4.05. The van der Waals surface area contributed by atoms with E-state index in [2.05, 4.69) is 15.3 Å². The number of nitrogens with zero attached hydrogens (tertiary/aromatic N) is 1. The van der Waals surface area contributed by atoms with Crippen LogP contribution >= 0.6 is 23.2 Å².